The zero-order valence-electron chi connectivity index (χ0n) is 43.4. The molecule has 75 heavy (non-hydrogen) atoms. The van der Waals surface area contributed by atoms with E-state index in [1.165, 1.54) is 13.8 Å². The molecule has 1 aliphatic rings. The number of aliphatic hydroxyl groups is 1. The summed E-state index contributed by atoms with van der Waals surface area (Å²) in [6.07, 6.45) is -1.42. The van der Waals surface area contributed by atoms with Crippen molar-refractivity contribution in [2.24, 2.45) is 34.8 Å². The van der Waals surface area contributed by atoms with E-state index >= 15 is 0 Å². The topological polar surface area (TPSA) is 486 Å². The highest BCUT2D eigenvalue weighted by Gasteiger charge is 2.41. The first-order valence-corrected chi connectivity index (χ1v) is 24.8. The molecule has 1 heterocycles. The van der Waals surface area contributed by atoms with Crippen LogP contribution in [0.1, 0.15) is 119 Å². The quantitative estimate of drug-likeness (QED) is 0.0263. The van der Waals surface area contributed by atoms with Crippen molar-refractivity contribution in [3.8, 4) is 0 Å². The van der Waals surface area contributed by atoms with Crippen molar-refractivity contribution in [3.63, 3.8) is 0 Å². The standard InChI is InChI=1S/C46H79N13O16/c1-22(2)18-29(55-37(65)24(5)48)41(69)53-27(13-15-36(63)64)39(67)51-25(6)38(66)56-30(19-23(3)4)42(70)52-26(12-14-34(49)61)40(68)58-32(21-60)43(71)57-31(20-35(50)62)45(73)59-17-9-11-33(59)44(72)54-28(46(74)75)10-7-8-16-47/h22-33,60H,7-21,47-48H2,1-6H3,(H2,49,61)(H2,50,62)(H,51,67)(H,52,70)(H,53,69)(H,54,72)(H,55,65)(H,56,66)(H,57,71)(H,58,68)(H,63,64)(H,74,75)/t24-,25-,26-,27-,28-,29-,30-,31-,32-,33-/m0/s1. The number of nitrogens with one attached hydrogen (secondary N) is 8. The Morgan fingerprint density at radius 1 is 0.547 bits per heavy atom. The molecule has 0 aromatic rings. The number of amides is 11. The van der Waals surface area contributed by atoms with Gasteiger partial charge in [-0.15, -0.1) is 0 Å². The molecule has 29 nitrogen and oxygen atoms in total. The average Bonchev–Trinajstić information content (AvgIpc) is 3.81. The molecule has 0 bridgehead atoms. The van der Waals surface area contributed by atoms with E-state index in [0.717, 1.165) is 4.90 Å². The lowest BCUT2D eigenvalue weighted by molar-refractivity contribution is -0.145. The van der Waals surface area contributed by atoms with E-state index < -0.39 is 176 Å². The number of likely N-dealkylation sites (tertiary alicyclic amines) is 1. The number of aliphatic carboxylic acids is 2. The number of carboxylic acid groups (broad SMARTS) is 2. The number of carbonyl (C=O) groups is 13. The van der Waals surface area contributed by atoms with Gasteiger partial charge in [-0.2, -0.15) is 0 Å². The van der Waals surface area contributed by atoms with E-state index in [2.05, 4.69) is 42.5 Å². The van der Waals surface area contributed by atoms with Crippen molar-refractivity contribution in [3.05, 3.63) is 0 Å². The number of nitrogens with two attached hydrogens (primary N) is 4. The fourth-order valence-electron chi connectivity index (χ4n) is 7.68. The van der Waals surface area contributed by atoms with Crippen LogP contribution < -0.4 is 65.5 Å². The molecule has 10 atom stereocenters. The number of hydrogen-bond donors (Lipinski definition) is 15. The third kappa shape index (κ3) is 24.3. The van der Waals surface area contributed by atoms with Crippen LogP contribution in [-0.4, -0.2) is 177 Å². The number of carboxylic acids is 2. The molecule has 0 aliphatic carbocycles. The summed E-state index contributed by atoms with van der Waals surface area (Å²) in [5.41, 5.74) is 21.9. The van der Waals surface area contributed by atoms with Gasteiger partial charge in [-0.25, -0.2) is 4.79 Å². The Balaban J connectivity index is 3.31. The maximum atomic E-state index is 13.9. The van der Waals surface area contributed by atoms with E-state index in [0.29, 0.717) is 19.4 Å². The molecule has 0 radical (unpaired) electrons. The zero-order chi connectivity index (χ0) is 57.3. The molecule has 0 spiro atoms. The number of rotatable bonds is 35. The first-order chi connectivity index (χ1) is 35.0. The summed E-state index contributed by atoms with van der Waals surface area (Å²) in [4.78, 5) is 170. The summed E-state index contributed by atoms with van der Waals surface area (Å²) in [7, 11) is 0. The van der Waals surface area contributed by atoms with Crippen LogP contribution in [0.2, 0.25) is 0 Å². The van der Waals surface area contributed by atoms with Crippen molar-refractivity contribution < 1.29 is 77.6 Å². The fraction of sp³-hybridized carbons (Fsp3) is 0.717. The predicted molar refractivity (Wildman–Crippen MR) is 265 cm³/mol. The van der Waals surface area contributed by atoms with E-state index in [1.807, 2.05) is 0 Å². The van der Waals surface area contributed by atoms with Crippen LogP contribution in [-0.2, 0) is 62.3 Å². The Kier molecular flexibility index (Phi) is 29.1. The number of unbranched alkanes of at least 4 members (excludes halogenated alkanes) is 1. The lowest BCUT2D eigenvalue weighted by Crippen LogP contribution is -2.61. The lowest BCUT2D eigenvalue weighted by Gasteiger charge is -2.30. The van der Waals surface area contributed by atoms with E-state index in [-0.39, 0.29) is 50.5 Å². The number of aliphatic hydroxyl groups excluding tert-OH is 1. The van der Waals surface area contributed by atoms with Gasteiger partial charge in [0.05, 0.1) is 19.1 Å². The molecule has 1 aliphatic heterocycles. The van der Waals surface area contributed by atoms with Crippen molar-refractivity contribution >= 4 is 76.9 Å². The van der Waals surface area contributed by atoms with Gasteiger partial charge in [0.1, 0.15) is 54.4 Å². The van der Waals surface area contributed by atoms with Gasteiger partial charge < -0.3 is 85.7 Å². The maximum absolute atomic E-state index is 13.9. The van der Waals surface area contributed by atoms with Gasteiger partial charge in [0.25, 0.3) is 0 Å². The van der Waals surface area contributed by atoms with Gasteiger partial charge in [-0.05, 0) is 90.0 Å². The first kappa shape index (κ1) is 66.0. The number of primary amides is 2. The zero-order valence-corrected chi connectivity index (χ0v) is 43.4. The van der Waals surface area contributed by atoms with Crippen LogP contribution in [0.3, 0.4) is 0 Å². The van der Waals surface area contributed by atoms with Gasteiger partial charge >= 0.3 is 11.9 Å². The SMILES string of the molecule is CC(C)C[C@H](NC(=O)[C@H](C)N)C(=O)N[C@@H](CCC(=O)O)C(=O)N[C@@H](C)C(=O)N[C@@H](CC(C)C)C(=O)N[C@@H](CCC(N)=O)C(=O)N[C@@H](CO)C(=O)N[C@@H](CC(N)=O)C(=O)N1CCC[C@H]1C(=O)N[C@@H](CCCCN)C(=O)O. The first-order valence-electron chi connectivity index (χ1n) is 24.8. The number of carbonyl (C=O) groups excluding carboxylic acids is 11. The minimum Gasteiger partial charge on any atom is -0.481 e. The summed E-state index contributed by atoms with van der Waals surface area (Å²) in [5.74, 6) is -13.6. The van der Waals surface area contributed by atoms with Crippen molar-refractivity contribution in [2.75, 3.05) is 19.7 Å². The smallest absolute Gasteiger partial charge is 0.326 e. The third-order valence-electron chi connectivity index (χ3n) is 11.7. The van der Waals surface area contributed by atoms with Crippen molar-refractivity contribution in [1.29, 1.82) is 0 Å². The summed E-state index contributed by atoms with van der Waals surface area (Å²) in [5, 5.41) is 48.3. The number of hydrogen-bond acceptors (Lipinski definition) is 16. The minimum atomic E-state index is -1.88. The monoisotopic (exact) mass is 1070 g/mol. The molecule has 29 heteroatoms. The second-order valence-electron chi connectivity index (χ2n) is 19.3. The maximum Gasteiger partial charge on any atom is 0.326 e. The Hall–Kier alpha value is -7.01. The minimum absolute atomic E-state index is 0.0351. The van der Waals surface area contributed by atoms with Crippen molar-refractivity contribution in [2.45, 2.75) is 179 Å². The van der Waals surface area contributed by atoms with Gasteiger partial charge in [-0.1, -0.05) is 27.7 Å². The summed E-state index contributed by atoms with van der Waals surface area (Å²) < 4.78 is 0. The van der Waals surface area contributed by atoms with Crippen molar-refractivity contribution in [1.82, 2.24) is 47.4 Å². The Labute approximate surface area is 434 Å². The molecule has 424 valence electrons. The van der Waals surface area contributed by atoms with Gasteiger partial charge in [0.2, 0.25) is 65.0 Å². The van der Waals surface area contributed by atoms with E-state index in [1.54, 1.807) is 27.7 Å². The highest BCUT2D eigenvalue weighted by atomic mass is 16.4. The van der Waals surface area contributed by atoms with Gasteiger partial charge in [0, 0.05) is 19.4 Å². The van der Waals surface area contributed by atoms with Crippen LogP contribution in [0.5, 0.6) is 0 Å². The van der Waals surface area contributed by atoms with Crippen LogP contribution in [0, 0.1) is 11.8 Å². The molecule has 1 fully saturated rings. The molecule has 11 amide bonds. The van der Waals surface area contributed by atoms with Crippen LogP contribution in [0.4, 0.5) is 0 Å². The summed E-state index contributed by atoms with van der Waals surface area (Å²) in [6, 6.07) is -14.3. The van der Waals surface area contributed by atoms with Crippen LogP contribution >= 0.6 is 0 Å². The Bertz CT molecular complexity index is 2040. The summed E-state index contributed by atoms with van der Waals surface area (Å²) in [6.45, 7) is 8.69. The molecular weight excluding hydrogens is 991 g/mol. The molecular formula is C46H79N13O16. The summed E-state index contributed by atoms with van der Waals surface area (Å²) >= 11 is 0. The third-order valence-corrected chi connectivity index (χ3v) is 11.7. The normalized spacial score (nSPS) is 16.8. The van der Waals surface area contributed by atoms with Crippen LogP contribution in [0.15, 0.2) is 0 Å². The fourth-order valence-corrected chi connectivity index (χ4v) is 7.68. The molecule has 0 aromatic heterocycles. The molecule has 0 saturated carbocycles. The average molecular weight is 1070 g/mol. The van der Waals surface area contributed by atoms with Crippen LogP contribution in [0.25, 0.3) is 0 Å². The predicted octanol–water partition coefficient (Wildman–Crippen LogP) is -5.47. The second-order valence-corrected chi connectivity index (χ2v) is 19.3. The van der Waals surface area contributed by atoms with E-state index in [4.69, 9.17) is 22.9 Å². The highest BCUT2D eigenvalue weighted by Crippen LogP contribution is 2.20. The molecule has 1 rings (SSSR count). The number of nitrogens with zero attached hydrogens (tertiary/aromatic N) is 1. The molecule has 0 unspecified atom stereocenters. The van der Waals surface area contributed by atoms with Gasteiger partial charge in [-0.3, -0.25) is 57.5 Å². The lowest BCUT2D eigenvalue weighted by atomic mass is 10.0. The second kappa shape index (κ2) is 33.0. The molecule has 1 saturated heterocycles. The Morgan fingerprint density at radius 2 is 1.01 bits per heavy atom. The molecule has 0 aromatic carbocycles. The Morgan fingerprint density at radius 3 is 1.48 bits per heavy atom. The highest BCUT2D eigenvalue weighted by molar-refractivity contribution is 5.99. The van der Waals surface area contributed by atoms with Gasteiger partial charge in [0.15, 0.2) is 0 Å². The largest absolute Gasteiger partial charge is 0.481 e. The molecule has 19 N–H and O–H groups in total. The van der Waals surface area contributed by atoms with E-state index in [9.17, 15) is 77.6 Å².